The molecule has 0 saturated carbocycles. The summed E-state index contributed by atoms with van der Waals surface area (Å²) in [5.74, 6) is -1.07. The van der Waals surface area contributed by atoms with Crippen LogP contribution in [0.4, 0.5) is 0 Å². The number of thiophene rings is 1. The van der Waals surface area contributed by atoms with Gasteiger partial charge in [0.05, 0.1) is 4.88 Å². The summed E-state index contributed by atoms with van der Waals surface area (Å²) in [5, 5.41) is 11.1. The molecule has 5 heteroatoms. The maximum atomic E-state index is 12.3. The third-order valence-corrected chi connectivity index (χ3v) is 4.41. The number of rotatable bonds is 2. The van der Waals surface area contributed by atoms with Gasteiger partial charge in [0.15, 0.2) is 0 Å². The Balaban J connectivity index is 2.32. The van der Waals surface area contributed by atoms with Crippen molar-refractivity contribution in [1.82, 2.24) is 4.90 Å². The maximum absolute atomic E-state index is 12.3. The first kappa shape index (κ1) is 12.1. The summed E-state index contributed by atoms with van der Waals surface area (Å²) >= 11 is 1.37. The van der Waals surface area contributed by atoms with Crippen LogP contribution in [0.1, 0.15) is 35.0 Å². The van der Waals surface area contributed by atoms with Crippen molar-refractivity contribution in [2.24, 2.45) is 0 Å². The zero-order valence-electron chi connectivity index (χ0n) is 9.90. The summed E-state index contributed by atoms with van der Waals surface area (Å²) in [7, 11) is 0. The van der Waals surface area contributed by atoms with Crippen LogP contribution in [0.3, 0.4) is 0 Å². The molecule has 0 radical (unpaired) electrons. The van der Waals surface area contributed by atoms with E-state index in [9.17, 15) is 14.7 Å². The molecule has 1 aliphatic heterocycles. The minimum Gasteiger partial charge on any atom is -0.480 e. The number of likely N-dealkylation sites (tertiary alicyclic amines) is 1. The van der Waals surface area contributed by atoms with E-state index in [4.69, 9.17) is 0 Å². The van der Waals surface area contributed by atoms with Gasteiger partial charge in [-0.2, -0.15) is 0 Å². The fourth-order valence-corrected chi connectivity index (χ4v) is 3.10. The van der Waals surface area contributed by atoms with Gasteiger partial charge in [0.2, 0.25) is 0 Å². The highest BCUT2D eigenvalue weighted by molar-refractivity contribution is 7.12. The van der Waals surface area contributed by atoms with E-state index in [1.807, 2.05) is 18.4 Å². The van der Waals surface area contributed by atoms with Crippen LogP contribution in [-0.2, 0) is 4.79 Å². The minimum absolute atomic E-state index is 0.153. The number of hydrogen-bond acceptors (Lipinski definition) is 3. The molecule has 0 spiro atoms. The van der Waals surface area contributed by atoms with E-state index in [0.717, 1.165) is 12.0 Å². The summed E-state index contributed by atoms with van der Waals surface area (Å²) < 4.78 is 0. The SMILES string of the molecule is Cc1ccsc1C(=O)N1CCCC1(C)C(=O)O. The average molecular weight is 253 g/mol. The molecule has 17 heavy (non-hydrogen) atoms. The second kappa shape index (κ2) is 4.14. The molecule has 1 aliphatic rings. The second-order valence-electron chi connectivity index (χ2n) is 4.57. The van der Waals surface area contributed by atoms with E-state index >= 15 is 0 Å². The number of hydrogen-bond donors (Lipinski definition) is 1. The fraction of sp³-hybridized carbons (Fsp3) is 0.500. The molecular weight excluding hydrogens is 238 g/mol. The van der Waals surface area contributed by atoms with Crippen molar-refractivity contribution < 1.29 is 14.7 Å². The number of nitrogens with zero attached hydrogens (tertiary/aromatic N) is 1. The van der Waals surface area contributed by atoms with Gasteiger partial charge < -0.3 is 10.0 Å². The fourth-order valence-electron chi connectivity index (χ4n) is 2.23. The molecule has 92 valence electrons. The van der Waals surface area contributed by atoms with Gasteiger partial charge in [0, 0.05) is 6.54 Å². The first-order valence-corrected chi connectivity index (χ1v) is 6.44. The van der Waals surface area contributed by atoms with E-state index in [-0.39, 0.29) is 5.91 Å². The number of amides is 1. The molecule has 1 saturated heterocycles. The molecule has 0 bridgehead atoms. The number of carboxylic acids is 1. The molecule has 0 aromatic carbocycles. The standard InChI is InChI=1S/C12H15NO3S/c1-8-4-7-17-9(8)10(14)13-6-3-5-12(13,2)11(15)16/h4,7H,3,5-6H2,1-2H3,(H,15,16). The second-order valence-corrected chi connectivity index (χ2v) is 5.49. The van der Waals surface area contributed by atoms with E-state index < -0.39 is 11.5 Å². The highest BCUT2D eigenvalue weighted by Gasteiger charge is 2.46. The lowest BCUT2D eigenvalue weighted by Crippen LogP contribution is -2.50. The van der Waals surface area contributed by atoms with Crippen LogP contribution in [-0.4, -0.2) is 34.0 Å². The van der Waals surface area contributed by atoms with Gasteiger partial charge in [-0.3, -0.25) is 4.79 Å². The van der Waals surface area contributed by atoms with Crippen LogP contribution in [0, 0.1) is 6.92 Å². The highest BCUT2D eigenvalue weighted by Crippen LogP contribution is 2.32. The van der Waals surface area contributed by atoms with E-state index in [2.05, 4.69) is 0 Å². The number of aliphatic carboxylic acids is 1. The summed E-state index contributed by atoms with van der Waals surface area (Å²) in [4.78, 5) is 25.8. The molecule has 1 atom stereocenters. The van der Waals surface area contributed by atoms with E-state index in [1.165, 1.54) is 16.2 Å². The van der Waals surface area contributed by atoms with Crippen LogP contribution in [0.15, 0.2) is 11.4 Å². The summed E-state index contributed by atoms with van der Waals surface area (Å²) in [6, 6.07) is 1.88. The zero-order chi connectivity index (χ0) is 12.6. The van der Waals surface area contributed by atoms with Crippen LogP contribution >= 0.6 is 11.3 Å². The molecule has 2 heterocycles. The quantitative estimate of drug-likeness (QED) is 0.878. The largest absolute Gasteiger partial charge is 0.480 e. The topological polar surface area (TPSA) is 57.6 Å². The number of carbonyl (C=O) groups excluding carboxylic acids is 1. The summed E-state index contributed by atoms with van der Waals surface area (Å²) in [5.41, 5.74) is -0.132. The van der Waals surface area contributed by atoms with Gasteiger partial charge in [-0.05, 0) is 43.7 Å². The average Bonchev–Trinajstić information content (AvgIpc) is 2.84. The normalized spacial score (nSPS) is 24.0. The van der Waals surface area contributed by atoms with E-state index in [1.54, 1.807) is 6.92 Å². The van der Waals surface area contributed by atoms with Gasteiger partial charge in [-0.15, -0.1) is 11.3 Å². The van der Waals surface area contributed by atoms with E-state index in [0.29, 0.717) is 17.8 Å². The molecule has 2 rings (SSSR count). The number of carbonyl (C=O) groups is 2. The first-order chi connectivity index (χ1) is 7.97. The summed E-state index contributed by atoms with van der Waals surface area (Å²) in [6.07, 6.45) is 1.28. The van der Waals surface area contributed by atoms with Gasteiger partial charge in [-0.1, -0.05) is 0 Å². The molecule has 1 aromatic heterocycles. The van der Waals surface area contributed by atoms with Gasteiger partial charge >= 0.3 is 5.97 Å². The molecule has 0 aliphatic carbocycles. The summed E-state index contributed by atoms with van der Waals surface area (Å²) in [6.45, 7) is 4.03. The third-order valence-electron chi connectivity index (χ3n) is 3.40. The highest BCUT2D eigenvalue weighted by atomic mass is 32.1. The molecule has 1 unspecified atom stereocenters. The van der Waals surface area contributed by atoms with Crippen LogP contribution < -0.4 is 0 Å². The van der Waals surface area contributed by atoms with Crippen molar-refractivity contribution >= 4 is 23.2 Å². The lowest BCUT2D eigenvalue weighted by molar-refractivity contribution is -0.147. The Morgan fingerprint density at radius 1 is 1.53 bits per heavy atom. The van der Waals surface area contributed by atoms with Crippen molar-refractivity contribution in [3.63, 3.8) is 0 Å². The lowest BCUT2D eigenvalue weighted by atomic mass is 9.99. The van der Waals surface area contributed by atoms with Crippen molar-refractivity contribution in [2.75, 3.05) is 6.54 Å². The Morgan fingerprint density at radius 3 is 2.76 bits per heavy atom. The van der Waals surface area contributed by atoms with Gasteiger partial charge in [0.1, 0.15) is 5.54 Å². The monoisotopic (exact) mass is 253 g/mol. The first-order valence-electron chi connectivity index (χ1n) is 5.56. The molecule has 1 amide bonds. The number of aryl methyl sites for hydroxylation is 1. The number of carboxylic acid groups (broad SMARTS) is 1. The molecule has 1 aromatic rings. The Bertz CT molecular complexity index is 468. The Labute approximate surface area is 104 Å². The van der Waals surface area contributed by atoms with Crippen molar-refractivity contribution in [3.05, 3.63) is 21.9 Å². The van der Waals surface area contributed by atoms with Crippen molar-refractivity contribution in [1.29, 1.82) is 0 Å². The van der Waals surface area contributed by atoms with Crippen LogP contribution in [0.25, 0.3) is 0 Å². The predicted octanol–water partition coefficient (Wildman–Crippen LogP) is 2.14. The lowest BCUT2D eigenvalue weighted by Gasteiger charge is -2.31. The molecular formula is C12H15NO3S. The van der Waals surface area contributed by atoms with Gasteiger partial charge in [-0.25, -0.2) is 4.79 Å². The van der Waals surface area contributed by atoms with Crippen molar-refractivity contribution in [2.45, 2.75) is 32.2 Å². The molecule has 1 fully saturated rings. The Morgan fingerprint density at radius 2 is 2.24 bits per heavy atom. The Hall–Kier alpha value is -1.36. The third kappa shape index (κ3) is 1.84. The van der Waals surface area contributed by atoms with Crippen LogP contribution in [0.5, 0.6) is 0 Å². The predicted molar refractivity (Wildman–Crippen MR) is 65.4 cm³/mol. The maximum Gasteiger partial charge on any atom is 0.329 e. The van der Waals surface area contributed by atoms with Crippen molar-refractivity contribution in [3.8, 4) is 0 Å². The minimum atomic E-state index is -1.05. The Kier molecular flexibility index (Phi) is 2.95. The van der Waals surface area contributed by atoms with Crippen LogP contribution in [0.2, 0.25) is 0 Å². The zero-order valence-corrected chi connectivity index (χ0v) is 10.7. The molecule has 4 nitrogen and oxygen atoms in total. The molecule has 1 N–H and O–H groups in total. The van der Waals surface area contributed by atoms with Gasteiger partial charge in [0.25, 0.3) is 5.91 Å². The smallest absolute Gasteiger partial charge is 0.329 e.